The molecule has 0 saturated heterocycles. The van der Waals surface area contributed by atoms with Gasteiger partial charge in [-0.3, -0.25) is 0 Å². The Kier molecular flexibility index (Phi) is 8.70. The highest BCUT2D eigenvalue weighted by molar-refractivity contribution is 7.13. The summed E-state index contributed by atoms with van der Waals surface area (Å²) in [6, 6.07) is 9.54. The lowest BCUT2D eigenvalue weighted by Gasteiger charge is -2.24. The van der Waals surface area contributed by atoms with E-state index in [2.05, 4.69) is 25.1 Å². The van der Waals surface area contributed by atoms with Crippen molar-refractivity contribution in [1.29, 1.82) is 0 Å². The molecule has 0 aliphatic carbocycles. The molecule has 0 spiro atoms. The number of hydrogen-bond donors (Lipinski definition) is 3. The molecular weight excluding hydrogens is 372 g/mol. The first-order chi connectivity index (χ1) is 13.4. The van der Waals surface area contributed by atoms with Crippen molar-refractivity contribution < 1.29 is 20.1 Å². The van der Waals surface area contributed by atoms with E-state index in [0.29, 0.717) is 23.5 Å². The fourth-order valence-corrected chi connectivity index (χ4v) is 3.99. The predicted molar refractivity (Wildman–Crippen MR) is 115 cm³/mol. The van der Waals surface area contributed by atoms with Crippen LogP contribution in [-0.2, 0) is 19.8 Å². The van der Waals surface area contributed by atoms with Crippen molar-refractivity contribution in [3.63, 3.8) is 0 Å². The average molecular weight is 405 g/mol. The van der Waals surface area contributed by atoms with Crippen molar-refractivity contribution >= 4 is 16.9 Å². The van der Waals surface area contributed by atoms with Gasteiger partial charge in [0.1, 0.15) is 12.4 Å². The standard InChI is InChI=1S/C23H32O4S/c1-4-23(26,5-2)12-6-7-17(3)22-11-10-21(28-22)16-27-20-9-8-18(14-24)19(13-20)15-25/h7-11,13,24-26H,4-6,12,14-16H2,1-3H3/b17-7+. The first-order valence-corrected chi connectivity index (χ1v) is 10.7. The third-order valence-electron chi connectivity index (χ3n) is 5.33. The van der Waals surface area contributed by atoms with E-state index in [1.807, 2.05) is 19.9 Å². The van der Waals surface area contributed by atoms with E-state index >= 15 is 0 Å². The number of allylic oxidation sites excluding steroid dienone is 2. The van der Waals surface area contributed by atoms with Crippen molar-refractivity contribution in [3.05, 3.63) is 57.3 Å². The molecule has 5 heteroatoms. The van der Waals surface area contributed by atoms with Crippen LogP contribution in [0.1, 0.15) is 67.3 Å². The van der Waals surface area contributed by atoms with E-state index in [1.54, 1.807) is 23.5 Å². The van der Waals surface area contributed by atoms with Gasteiger partial charge in [-0.05, 0) is 73.6 Å². The van der Waals surface area contributed by atoms with Crippen molar-refractivity contribution in [2.75, 3.05) is 0 Å². The van der Waals surface area contributed by atoms with E-state index in [-0.39, 0.29) is 13.2 Å². The molecule has 4 nitrogen and oxygen atoms in total. The highest BCUT2D eigenvalue weighted by Gasteiger charge is 2.20. The minimum atomic E-state index is -0.551. The zero-order valence-corrected chi connectivity index (χ0v) is 17.9. The van der Waals surface area contributed by atoms with Gasteiger partial charge in [0.2, 0.25) is 0 Å². The molecule has 0 aliphatic heterocycles. The van der Waals surface area contributed by atoms with Gasteiger partial charge in [-0.15, -0.1) is 11.3 Å². The van der Waals surface area contributed by atoms with Gasteiger partial charge < -0.3 is 20.1 Å². The Hall–Kier alpha value is -1.66. The van der Waals surface area contributed by atoms with E-state index in [1.165, 1.54) is 10.5 Å². The molecule has 2 aromatic rings. The van der Waals surface area contributed by atoms with Crippen LogP contribution in [0.2, 0.25) is 0 Å². The van der Waals surface area contributed by atoms with Crippen molar-refractivity contribution in [2.24, 2.45) is 0 Å². The zero-order chi connectivity index (χ0) is 20.6. The number of aliphatic hydroxyl groups is 3. The molecule has 1 heterocycles. The molecule has 0 bridgehead atoms. The molecule has 154 valence electrons. The number of ether oxygens (including phenoxy) is 1. The second-order valence-electron chi connectivity index (χ2n) is 7.16. The summed E-state index contributed by atoms with van der Waals surface area (Å²) in [7, 11) is 0. The zero-order valence-electron chi connectivity index (χ0n) is 17.1. The third-order valence-corrected chi connectivity index (χ3v) is 6.52. The monoisotopic (exact) mass is 404 g/mol. The van der Waals surface area contributed by atoms with Crippen LogP contribution in [-0.4, -0.2) is 20.9 Å². The highest BCUT2D eigenvalue weighted by Crippen LogP contribution is 2.28. The minimum absolute atomic E-state index is 0.0933. The lowest BCUT2D eigenvalue weighted by Crippen LogP contribution is -2.25. The largest absolute Gasteiger partial charge is 0.488 e. The summed E-state index contributed by atoms with van der Waals surface area (Å²) in [5.74, 6) is 0.682. The van der Waals surface area contributed by atoms with Crippen molar-refractivity contribution in [2.45, 2.75) is 71.9 Å². The molecule has 0 fully saturated rings. The summed E-state index contributed by atoms with van der Waals surface area (Å²) >= 11 is 1.70. The molecule has 0 unspecified atom stereocenters. The lowest BCUT2D eigenvalue weighted by molar-refractivity contribution is 0.0246. The predicted octanol–water partition coefficient (Wildman–Crippen LogP) is 5.05. The SMILES string of the molecule is CCC(O)(CC)CC/C=C(\C)c1ccc(COc2ccc(CO)c(CO)c2)s1. The summed E-state index contributed by atoms with van der Waals surface area (Å²) < 4.78 is 5.85. The van der Waals surface area contributed by atoms with Crippen molar-refractivity contribution in [1.82, 2.24) is 0 Å². The summed E-state index contributed by atoms with van der Waals surface area (Å²) in [5.41, 5.74) is 2.07. The number of hydrogen-bond acceptors (Lipinski definition) is 5. The van der Waals surface area contributed by atoms with Gasteiger partial charge in [0, 0.05) is 9.75 Å². The second kappa shape index (κ2) is 10.8. The Labute approximate surface area is 172 Å². The Morgan fingerprint density at radius 1 is 1.07 bits per heavy atom. The Balaban J connectivity index is 1.94. The Morgan fingerprint density at radius 3 is 2.43 bits per heavy atom. The lowest BCUT2D eigenvalue weighted by atomic mass is 9.91. The topological polar surface area (TPSA) is 69.9 Å². The summed E-state index contributed by atoms with van der Waals surface area (Å²) in [6.45, 7) is 6.43. The fourth-order valence-electron chi connectivity index (χ4n) is 3.08. The Morgan fingerprint density at radius 2 is 1.79 bits per heavy atom. The summed E-state index contributed by atoms with van der Waals surface area (Å²) in [6.07, 6.45) is 5.43. The number of rotatable bonds is 11. The third kappa shape index (κ3) is 6.17. The molecule has 1 aromatic heterocycles. The highest BCUT2D eigenvalue weighted by atomic mass is 32.1. The van der Waals surface area contributed by atoms with Gasteiger partial charge >= 0.3 is 0 Å². The second-order valence-corrected chi connectivity index (χ2v) is 8.33. The molecule has 1 aromatic carbocycles. The molecule has 0 amide bonds. The fraction of sp³-hybridized carbons (Fsp3) is 0.478. The smallest absolute Gasteiger partial charge is 0.122 e. The normalized spacial score (nSPS) is 12.4. The van der Waals surface area contributed by atoms with Crippen LogP contribution < -0.4 is 4.74 Å². The maximum atomic E-state index is 10.4. The van der Waals surface area contributed by atoms with Crippen LogP contribution in [0.4, 0.5) is 0 Å². The number of benzene rings is 1. The number of aliphatic hydroxyl groups excluding tert-OH is 2. The van der Waals surface area contributed by atoms with E-state index in [9.17, 15) is 15.3 Å². The maximum Gasteiger partial charge on any atom is 0.122 e. The van der Waals surface area contributed by atoms with Gasteiger partial charge in [-0.1, -0.05) is 26.0 Å². The van der Waals surface area contributed by atoms with Crippen LogP contribution in [0.5, 0.6) is 5.75 Å². The maximum absolute atomic E-state index is 10.4. The van der Waals surface area contributed by atoms with E-state index < -0.39 is 5.60 Å². The first-order valence-electron chi connectivity index (χ1n) is 9.89. The van der Waals surface area contributed by atoms with E-state index in [0.717, 1.165) is 30.6 Å². The molecule has 2 rings (SSSR count). The summed E-state index contributed by atoms with van der Waals surface area (Å²) in [4.78, 5) is 2.33. The van der Waals surface area contributed by atoms with Crippen LogP contribution in [0.3, 0.4) is 0 Å². The van der Waals surface area contributed by atoms with Gasteiger partial charge in [-0.2, -0.15) is 0 Å². The molecule has 0 aliphatic rings. The van der Waals surface area contributed by atoms with Gasteiger partial charge in [0.25, 0.3) is 0 Å². The van der Waals surface area contributed by atoms with Crippen molar-refractivity contribution in [3.8, 4) is 5.75 Å². The molecule has 0 atom stereocenters. The average Bonchev–Trinajstić information content (AvgIpc) is 3.21. The Bertz CT molecular complexity index is 775. The van der Waals surface area contributed by atoms with E-state index in [4.69, 9.17) is 4.74 Å². The van der Waals surface area contributed by atoms with Crippen LogP contribution >= 0.6 is 11.3 Å². The van der Waals surface area contributed by atoms with Crippen LogP contribution in [0.15, 0.2) is 36.4 Å². The van der Waals surface area contributed by atoms with Crippen LogP contribution in [0.25, 0.3) is 5.57 Å². The molecule has 0 radical (unpaired) electrons. The van der Waals surface area contributed by atoms with Gasteiger partial charge in [-0.25, -0.2) is 0 Å². The molecule has 3 N–H and O–H groups in total. The molecule has 0 saturated carbocycles. The first kappa shape index (κ1) is 22.6. The van der Waals surface area contributed by atoms with Crippen LogP contribution in [0, 0.1) is 0 Å². The summed E-state index contributed by atoms with van der Waals surface area (Å²) in [5, 5.41) is 29.0. The molecule has 28 heavy (non-hydrogen) atoms. The number of thiophene rings is 1. The van der Waals surface area contributed by atoms with Gasteiger partial charge in [0.15, 0.2) is 0 Å². The quantitative estimate of drug-likeness (QED) is 0.490. The minimum Gasteiger partial charge on any atom is -0.488 e. The molecular formula is C23H32O4S. The van der Waals surface area contributed by atoms with Gasteiger partial charge in [0.05, 0.1) is 18.8 Å².